The van der Waals surface area contributed by atoms with Crippen molar-refractivity contribution in [3.63, 3.8) is 0 Å². The van der Waals surface area contributed by atoms with E-state index in [-0.39, 0.29) is 5.92 Å². The van der Waals surface area contributed by atoms with Gasteiger partial charge in [0, 0.05) is 55.5 Å². The number of allylic oxidation sites excluding steroid dienone is 1. The predicted molar refractivity (Wildman–Crippen MR) is 246 cm³/mol. The summed E-state index contributed by atoms with van der Waals surface area (Å²) in [5.74, 6) is 1.04. The highest BCUT2D eigenvalue weighted by Crippen LogP contribution is 2.49. The minimum Gasteiger partial charge on any atom is -0.456 e. The van der Waals surface area contributed by atoms with Crippen LogP contribution in [0.25, 0.3) is 82.8 Å². The van der Waals surface area contributed by atoms with Crippen LogP contribution in [0, 0.1) is 0 Å². The predicted octanol–water partition coefficient (Wildman–Crippen LogP) is 16.0. The van der Waals surface area contributed by atoms with E-state index in [1.54, 1.807) is 0 Å². The van der Waals surface area contributed by atoms with Crippen LogP contribution in [0.5, 0.6) is 0 Å². The first-order valence-corrected chi connectivity index (χ1v) is 20.4. The highest BCUT2D eigenvalue weighted by molar-refractivity contribution is 6.13. The molecule has 0 amide bonds. The fourth-order valence-electron chi connectivity index (χ4n) is 9.49. The molecule has 0 N–H and O–H groups in total. The number of anilines is 3. The van der Waals surface area contributed by atoms with Gasteiger partial charge in [0.25, 0.3) is 0 Å². The number of rotatable bonds is 6. The first kappa shape index (κ1) is 33.5. The Hall–Kier alpha value is -7.62. The van der Waals surface area contributed by atoms with Gasteiger partial charge < -0.3 is 13.7 Å². The summed E-state index contributed by atoms with van der Waals surface area (Å²) in [6.45, 7) is 0. The lowest BCUT2D eigenvalue weighted by Crippen LogP contribution is -2.15. The molecule has 59 heavy (non-hydrogen) atoms. The molecule has 1 aliphatic rings. The molecule has 2 heterocycles. The average molecular weight is 756 g/mol. The molecule has 1 aliphatic carbocycles. The van der Waals surface area contributed by atoms with Gasteiger partial charge in [0.2, 0.25) is 0 Å². The third kappa shape index (κ3) is 5.43. The molecule has 1 unspecified atom stereocenters. The summed E-state index contributed by atoms with van der Waals surface area (Å²) in [6, 6.07) is 69.7. The molecule has 278 valence electrons. The summed E-state index contributed by atoms with van der Waals surface area (Å²) in [5, 5.41) is 8.22. The smallest absolute Gasteiger partial charge is 0.143 e. The molecular formula is C56H37NO2. The molecule has 9 aromatic carbocycles. The maximum absolute atomic E-state index is 6.82. The Morgan fingerprint density at radius 1 is 0.441 bits per heavy atom. The second-order valence-corrected chi connectivity index (χ2v) is 15.5. The second-order valence-electron chi connectivity index (χ2n) is 15.5. The van der Waals surface area contributed by atoms with Crippen molar-refractivity contribution in [2.75, 3.05) is 4.90 Å². The molecular weight excluding hydrogens is 719 g/mol. The van der Waals surface area contributed by atoms with Crippen LogP contribution in [-0.2, 0) is 0 Å². The van der Waals surface area contributed by atoms with Crippen molar-refractivity contribution in [2.24, 2.45) is 0 Å². The van der Waals surface area contributed by atoms with E-state index >= 15 is 0 Å². The Kier molecular flexibility index (Phi) is 7.67. The quantitative estimate of drug-likeness (QED) is 0.169. The number of hydrogen-bond donors (Lipinski definition) is 0. The van der Waals surface area contributed by atoms with Gasteiger partial charge in [-0.05, 0) is 81.7 Å². The van der Waals surface area contributed by atoms with Gasteiger partial charge in [-0.3, -0.25) is 0 Å². The molecule has 0 fully saturated rings. The number of furan rings is 2. The topological polar surface area (TPSA) is 29.5 Å². The zero-order chi connectivity index (χ0) is 38.9. The Morgan fingerprint density at radius 3 is 1.81 bits per heavy atom. The van der Waals surface area contributed by atoms with E-state index in [1.807, 2.05) is 0 Å². The summed E-state index contributed by atoms with van der Waals surface area (Å²) in [7, 11) is 0. The number of para-hydroxylation sites is 3. The highest BCUT2D eigenvalue weighted by Gasteiger charge is 2.30. The average Bonchev–Trinajstić information content (AvgIpc) is 3.87. The van der Waals surface area contributed by atoms with E-state index < -0.39 is 0 Å². The van der Waals surface area contributed by atoms with Crippen LogP contribution in [0.3, 0.4) is 0 Å². The van der Waals surface area contributed by atoms with Crippen LogP contribution in [0.2, 0.25) is 0 Å². The van der Waals surface area contributed by atoms with Crippen molar-refractivity contribution in [1.29, 1.82) is 0 Å². The Bertz CT molecular complexity index is 3420. The van der Waals surface area contributed by atoms with E-state index in [0.29, 0.717) is 0 Å². The van der Waals surface area contributed by atoms with E-state index in [0.717, 1.165) is 79.0 Å². The lowest BCUT2D eigenvalue weighted by molar-refractivity contribution is 0.590. The first-order valence-electron chi connectivity index (χ1n) is 20.4. The SMILES string of the molecule is C1=Cc2oc3cc4ccccc4cc3c2C(c2ccccc2N(c2ccc(-c3cccc4c3oc3c(-c5ccccc5)cccc34)cc2)c2cccc3ccccc23)C1. The second kappa shape index (κ2) is 13.5. The van der Waals surface area contributed by atoms with E-state index in [2.05, 4.69) is 211 Å². The van der Waals surface area contributed by atoms with Crippen molar-refractivity contribution in [3.8, 4) is 22.3 Å². The first-order chi connectivity index (χ1) is 29.3. The molecule has 0 radical (unpaired) electrons. The maximum atomic E-state index is 6.82. The van der Waals surface area contributed by atoms with Gasteiger partial charge in [0.15, 0.2) is 0 Å². The zero-order valence-electron chi connectivity index (χ0n) is 32.2. The van der Waals surface area contributed by atoms with Gasteiger partial charge in [-0.1, -0.05) is 164 Å². The minimum absolute atomic E-state index is 0.0943. The molecule has 0 saturated heterocycles. The molecule has 1 atom stereocenters. The Labute approximate surface area is 341 Å². The molecule has 0 bridgehead atoms. The van der Waals surface area contributed by atoms with Gasteiger partial charge in [-0.25, -0.2) is 0 Å². The van der Waals surface area contributed by atoms with E-state index in [9.17, 15) is 0 Å². The number of nitrogens with zero attached hydrogens (tertiary/aromatic N) is 1. The van der Waals surface area contributed by atoms with Gasteiger partial charge in [0.05, 0.1) is 5.69 Å². The summed E-state index contributed by atoms with van der Waals surface area (Å²) in [6.07, 6.45) is 5.30. The maximum Gasteiger partial charge on any atom is 0.143 e. The summed E-state index contributed by atoms with van der Waals surface area (Å²) >= 11 is 0. The van der Waals surface area contributed by atoms with Gasteiger partial charge in [-0.2, -0.15) is 0 Å². The van der Waals surface area contributed by atoms with Crippen LogP contribution < -0.4 is 4.90 Å². The van der Waals surface area contributed by atoms with Gasteiger partial charge >= 0.3 is 0 Å². The van der Waals surface area contributed by atoms with Crippen LogP contribution in [0.1, 0.15) is 29.2 Å². The Balaban J connectivity index is 1.02. The molecule has 3 heteroatoms. The lowest BCUT2D eigenvalue weighted by atomic mass is 9.82. The molecule has 12 rings (SSSR count). The number of hydrogen-bond acceptors (Lipinski definition) is 3. The van der Waals surface area contributed by atoms with Crippen molar-refractivity contribution in [2.45, 2.75) is 12.3 Å². The fourth-order valence-corrected chi connectivity index (χ4v) is 9.49. The monoisotopic (exact) mass is 755 g/mol. The largest absolute Gasteiger partial charge is 0.456 e. The zero-order valence-corrected chi connectivity index (χ0v) is 32.2. The van der Waals surface area contributed by atoms with Crippen LogP contribution in [0.4, 0.5) is 17.1 Å². The molecule has 3 nitrogen and oxygen atoms in total. The van der Waals surface area contributed by atoms with Gasteiger partial charge in [0.1, 0.15) is 22.5 Å². The molecule has 11 aromatic rings. The lowest BCUT2D eigenvalue weighted by Gasteiger charge is -2.31. The van der Waals surface area contributed by atoms with E-state index in [4.69, 9.17) is 8.83 Å². The van der Waals surface area contributed by atoms with Crippen molar-refractivity contribution in [3.05, 3.63) is 217 Å². The third-order valence-electron chi connectivity index (χ3n) is 12.2. The van der Waals surface area contributed by atoms with Crippen LogP contribution in [0.15, 0.2) is 209 Å². The van der Waals surface area contributed by atoms with Crippen molar-refractivity contribution in [1.82, 2.24) is 0 Å². The summed E-state index contributed by atoms with van der Waals surface area (Å²) in [4.78, 5) is 2.45. The molecule has 0 spiro atoms. The van der Waals surface area contributed by atoms with Crippen molar-refractivity contribution < 1.29 is 8.83 Å². The van der Waals surface area contributed by atoms with E-state index in [1.165, 1.54) is 38.1 Å². The molecule has 2 aromatic heterocycles. The highest BCUT2D eigenvalue weighted by atomic mass is 16.3. The van der Waals surface area contributed by atoms with Gasteiger partial charge in [-0.15, -0.1) is 0 Å². The van der Waals surface area contributed by atoms with Crippen LogP contribution >= 0.6 is 0 Å². The summed E-state index contributed by atoms with van der Waals surface area (Å²) < 4.78 is 13.4. The van der Waals surface area contributed by atoms with Crippen LogP contribution in [-0.4, -0.2) is 0 Å². The molecule has 0 aliphatic heterocycles. The molecule has 0 saturated carbocycles. The fraction of sp³-hybridized carbons (Fsp3) is 0.0357. The third-order valence-corrected chi connectivity index (χ3v) is 12.2. The standard InChI is InChI=1S/C56H37NO2/c1-2-14-37(15-3-1)43-22-11-25-47-48-26-12-23-44(56(48)59-55(43)47)38-30-32-41(33-31-38)57(50-28-10-19-36-16-6-7-20-42(36)50)51-27-9-8-21-45(51)46-24-13-29-52-54(46)49-34-39-17-4-5-18-40(39)35-53(49)58-52/h1-23,25-35,46H,24H2. The Morgan fingerprint density at radius 2 is 1.03 bits per heavy atom. The normalized spacial score (nSPS) is 13.8. The number of benzene rings is 9. The number of fused-ring (bicyclic) bond motifs is 8. The summed E-state index contributed by atoms with van der Waals surface area (Å²) in [5.41, 5.74) is 13.0. The minimum atomic E-state index is 0.0943. The van der Waals surface area contributed by atoms with Crippen molar-refractivity contribution >= 4 is 77.6 Å².